The van der Waals surface area contributed by atoms with Crippen molar-refractivity contribution in [3.05, 3.63) is 39.9 Å². The first-order chi connectivity index (χ1) is 8.79. The van der Waals surface area contributed by atoms with Gasteiger partial charge in [0.15, 0.2) is 18.0 Å². The zero-order valence-corrected chi connectivity index (χ0v) is 9.72. The Balaban J connectivity index is 2.29. The SMILES string of the molecule is CC1=N[C@H](C(F)(F)F)[C@@H](c2ccc([N+](=O)[O-])cc2)O1. The van der Waals surface area contributed by atoms with Crippen LogP contribution in [0, 0.1) is 10.1 Å². The predicted octanol–water partition coefficient (Wildman–Crippen LogP) is 3.02. The van der Waals surface area contributed by atoms with Crippen molar-refractivity contribution < 1.29 is 22.8 Å². The van der Waals surface area contributed by atoms with Crippen molar-refractivity contribution in [1.29, 1.82) is 0 Å². The number of hydrogen-bond acceptors (Lipinski definition) is 4. The van der Waals surface area contributed by atoms with E-state index < -0.39 is 23.2 Å². The second kappa shape index (κ2) is 4.52. The largest absolute Gasteiger partial charge is 0.471 e. The zero-order valence-electron chi connectivity index (χ0n) is 9.72. The number of nitrogens with zero attached hydrogens (tertiary/aromatic N) is 2. The van der Waals surface area contributed by atoms with Crippen LogP contribution < -0.4 is 0 Å². The summed E-state index contributed by atoms with van der Waals surface area (Å²) >= 11 is 0. The average molecular weight is 274 g/mol. The van der Waals surface area contributed by atoms with Crippen LogP contribution in [0.4, 0.5) is 18.9 Å². The van der Waals surface area contributed by atoms with Gasteiger partial charge in [0.05, 0.1) is 4.92 Å². The molecule has 0 N–H and O–H groups in total. The number of non-ortho nitro benzene ring substituents is 1. The predicted molar refractivity (Wildman–Crippen MR) is 59.9 cm³/mol. The summed E-state index contributed by atoms with van der Waals surface area (Å²) in [5.74, 6) is -0.0503. The van der Waals surface area contributed by atoms with E-state index in [9.17, 15) is 23.3 Å². The van der Waals surface area contributed by atoms with Crippen LogP contribution in [0.5, 0.6) is 0 Å². The molecule has 0 unspecified atom stereocenters. The summed E-state index contributed by atoms with van der Waals surface area (Å²) in [5.41, 5.74) is 0.0106. The molecule has 0 saturated heterocycles. The maximum atomic E-state index is 12.8. The third-order valence-corrected chi connectivity index (χ3v) is 2.67. The minimum Gasteiger partial charge on any atom is -0.471 e. The van der Waals surface area contributed by atoms with Crippen molar-refractivity contribution >= 4 is 11.6 Å². The van der Waals surface area contributed by atoms with Crippen LogP contribution in [-0.2, 0) is 4.74 Å². The van der Waals surface area contributed by atoms with Crippen molar-refractivity contribution in [3.8, 4) is 0 Å². The Kier molecular flexibility index (Phi) is 3.17. The summed E-state index contributed by atoms with van der Waals surface area (Å²) in [6.45, 7) is 1.34. The van der Waals surface area contributed by atoms with E-state index in [4.69, 9.17) is 4.74 Å². The van der Waals surface area contributed by atoms with Gasteiger partial charge in [0.25, 0.3) is 5.69 Å². The third kappa shape index (κ3) is 2.67. The number of alkyl halides is 3. The molecule has 1 aliphatic heterocycles. The number of halogens is 3. The molecule has 102 valence electrons. The summed E-state index contributed by atoms with van der Waals surface area (Å²) in [7, 11) is 0. The van der Waals surface area contributed by atoms with E-state index in [1.807, 2.05) is 0 Å². The molecule has 0 aromatic heterocycles. The molecule has 1 aromatic carbocycles. The third-order valence-electron chi connectivity index (χ3n) is 2.67. The molecule has 2 atom stereocenters. The maximum absolute atomic E-state index is 12.8. The van der Waals surface area contributed by atoms with Crippen molar-refractivity contribution in [1.82, 2.24) is 0 Å². The fraction of sp³-hybridized carbons (Fsp3) is 0.364. The van der Waals surface area contributed by atoms with Crippen LogP contribution in [0.3, 0.4) is 0 Å². The Hall–Kier alpha value is -2.12. The summed E-state index contributed by atoms with van der Waals surface area (Å²) in [5, 5.41) is 10.5. The van der Waals surface area contributed by atoms with Crippen molar-refractivity contribution in [3.63, 3.8) is 0 Å². The fourth-order valence-electron chi connectivity index (χ4n) is 1.82. The number of nitro groups is 1. The highest BCUT2D eigenvalue weighted by molar-refractivity contribution is 5.75. The smallest absolute Gasteiger partial charge is 0.414 e. The molecule has 0 spiro atoms. The number of hydrogen-bond donors (Lipinski definition) is 0. The number of aliphatic imine (C=N–C) groups is 1. The standard InChI is InChI=1S/C11H9F3N2O3/c1-6-15-10(11(12,13)14)9(19-6)7-2-4-8(5-3-7)16(17)18/h2-5,9-10H,1H3/t9-,10+/m1/s1. The Morgan fingerprint density at radius 2 is 1.89 bits per heavy atom. The number of benzene rings is 1. The minimum atomic E-state index is -4.52. The highest BCUT2D eigenvalue weighted by atomic mass is 19.4. The van der Waals surface area contributed by atoms with Gasteiger partial charge in [-0.2, -0.15) is 13.2 Å². The molecular weight excluding hydrogens is 265 g/mol. The van der Waals surface area contributed by atoms with Crippen molar-refractivity contribution in [2.45, 2.75) is 25.2 Å². The first kappa shape index (κ1) is 13.3. The number of rotatable bonds is 2. The second-order valence-electron chi connectivity index (χ2n) is 4.02. The van der Waals surface area contributed by atoms with Gasteiger partial charge in [-0.15, -0.1) is 0 Å². The lowest BCUT2D eigenvalue weighted by atomic mass is 10.0. The quantitative estimate of drug-likeness (QED) is 0.615. The fourth-order valence-corrected chi connectivity index (χ4v) is 1.82. The van der Waals surface area contributed by atoms with Gasteiger partial charge < -0.3 is 4.74 Å². The molecule has 1 heterocycles. The highest BCUT2D eigenvalue weighted by Crippen LogP contribution is 2.39. The first-order valence-corrected chi connectivity index (χ1v) is 5.31. The van der Waals surface area contributed by atoms with Crippen LogP contribution in [0.25, 0.3) is 0 Å². The van der Waals surface area contributed by atoms with E-state index in [0.29, 0.717) is 0 Å². The van der Waals surface area contributed by atoms with Crippen molar-refractivity contribution in [2.24, 2.45) is 4.99 Å². The van der Waals surface area contributed by atoms with Crippen LogP contribution in [0.2, 0.25) is 0 Å². The Labute approximate surface area is 105 Å². The Bertz CT molecular complexity index is 525. The molecule has 2 rings (SSSR count). The molecule has 5 nitrogen and oxygen atoms in total. The molecule has 0 amide bonds. The lowest BCUT2D eigenvalue weighted by molar-refractivity contribution is -0.384. The summed E-state index contributed by atoms with van der Waals surface area (Å²) in [4.78, 5) is 13.3. The van der Waals surface area contributed by atoms with Gasteiger partial charge in [0.2, 0.25) is 0 Å². The molecule has 0 saturated carbocycles. The topological polar surface area (TPSA) is 64.7 Å². The van der Waals surface area contributed by atoms with Gasteiger partial charge in [-0.25, -0.2) is 4.99 Å². The normalized spacial score (nSPS) is 22.8. The molecule has 0 radical (unpaired) electrons. The number of ether oxygens (including phenoxy) is 1. The minimum absolute atomic E-state index is 0.0503. The van der Waals surface area contributed by atoms with Gasteiger partial charge in [-0.05, 0) is 17.7 Å². The zero-order chi connectivity index (χ0) is 14.2. The molecule has 0 aliphatic carbocycles. The summed E-state index contributed by atoms with van der Waals surface area (Å²) < 4.78 is 43.4. The Morgan fingerprint density at radius 1 is 1.32 bits per heavy atom. The number of nitro benzene ring substituents is 1. The van der Waals surface area contributed by atoms with E-state index in [-0.39, 0.29) is 17.1 Å². The molecular formula is C11H9F3N2O3. The van der Waals surface area contributed by atoms with Gasteiger partial charge in [0.1, 0.15) is 0 Å². The van der Waals surface area contributed by atoms with Crippen LogP contribution >= 0.6 is 0 Å². The molecule has 0 bridgehead atoms. The first-order valence-electron chi connectivity index (χ1n) is 5.31. The average Bonchev–Trinajstić information content (AvgIpc) is 2.71. The van der Waals surface area contributed by atoms with Crippen LogP contribution in [0.15, 0.2) is 29.3 Å². The van der Waals surface area contributed by atoms with Crippen molar-refractivity contribution in [2.75, 3.05) is 0 Å². The van der Waals surface area contributed by atoms with Gasteiger partial charge in [-0.3, -0.25) is 10.1 Å². The second-order valence-corrected chi connectivity index (χ2v) is 4.02. The van der Waals surface area contributed by atoms with E-state index in [1.165, 1.54) is 19.1 Å². The van der Waals surface area contributed by atoms with Crippen LogP contribution in [0.1, 0.15) is 18.6 Å². The lowest BCUT2D eigenvalue weighted by Crippen LogP contribution is -2.31. The van der Waals surface area contributed by atoms with E-state index in [1.54, 1.807) is 0 Å². The monoisotopic (exact) mass is 274 g/mol. The molecule has 8 heteroatoms. The van der Waals surface area contributed by atoms with E-state index in [2.05, 4.69) is 4.99 Å². The van der Waals surface area contributed by atoms with Crippen LogP contribution in [-0.4, -0.2) is 23.0 Å². The molecule has 0 fully saturated rings. The van der Waals surface area contributed by atoms with Gasteiger partial charge in [-0.1, -0.05) is 0 Å². The summed E-state index contributed by atoms with van der Waals surface area (Å²) in [6, 6.07) is 2.79. The van der Waals surface area contributed by atoms with Gasteiger partial charge in [0, 0.05) is 19.1 Å². The van der Waals surface area contributed by atoms with E-state index >= 15 is 0 Å². The highest BCUT2D eigenvalue weighted by Gasteiger charge is 2.49. The molecule has 19 heavy (non-hydrogen) atoms. The molecule has 1 aliphatic rings. The lowest BCUT2D eigenvalue weighted by Gasteiger charge is -2.19. The maximum Gasteiger partial charge on any atom is 0.414 e. The van der Waals surface area contributed by atoms with Gasteiger partial charge >= 0.3 is 6.18 Å². The molecule has 1 aromatic rings. The van der Waals surface area contributed by atoms with E-state index in [0.717, 1.165) is 12.1 Å². The summed E-state index contributed by atoms with van der Waals surface area (Å²) in [6.07, 6.45) is -5.81. The Morgan fingerprint density at radius 3 is 2.37 bits per heavy atom.